The Balaban J connectivity index is 1.18. The van der Waals surface area contributed by atoms with Crippen molar-refractivity contribution in [2.24, 2.45) is 0 Å². The minimum absolute atomic E-state index is 0.0507. The Labute approximate surface area is 248 Å². The second-order valence-electron chi connectivity index (χ2n) is 10.1. The summed E-state index contributed by atoms with van der Waals surface area (Å²) in [5.41, 5.74) is 3.41. The molecular formula is C34H32BrNO5. The maximum absolute atomic E-state index is 12.3. The van der Waals surface area contributed by atoms with E-state index < -0.39 is 5.97 Å². The van der Waals surface area contributed by atoms with E-state index >= 15 is 0 Å². The molecule has 4 rings (SSSR count). The first-order chi connectivity index (χ1) is 19.7. The van der Waals surface area contributed by atoms with Crippen LogP contribution in [-0.2, 0) is 19.7 Å². The normalized spacial score (nSPS) is 11.0. The van der Waals surface area contributed by atoms with Crippen LogP contribution in [0.4, 0.5) is 5.69 Å². The van der Waals surface area contributed by atoms with Gasteiger partial charge in [0.05, 0.1) is 0 Å². The van der Waals surface area contributed by atoms with Crippen LogP contribution in [0.3, 0.4) is 0 Å². The highest BCUT2D eigenvalue weighted by atomic mass is 79.9. The predicted octanol–water partition coefficient (Wildman–Crippen LogP) is 8.10. The zero-order valence-electron chi connectivity index (χ0n) is 23.1. The molecule has 4 aromatic rings. The Morgan fingerprint density at radius 1 is 0.732 bits per heavy atom. The van der Waals surface area contributed by atoms with E-state index in [0.29, 0.717) is 23.4 Å². The topological polar surface area (TPSA) is 81.7 Å². The first-order valence-electron chi connectivity index (χ1n) is 13.4. The van der Waals surface area contributed by atoms with Crippen molar-refractivity contribution in [2.45, 2.75) is 38.5 Å². The second-order valence-corrected chi connectivity index (χ2v) is 11.1. The lowest BCUT2D eigenvalue weighted by Gasteiger charge is -2.26. The minimum Gasteiger partial charge on any atom is -0.457 e. The van der Waals surface area contributed by atoms with Crippen molar-refractivity contribution in [1.82, 2.24) is 0 Å². The van der Waals surface area contributed by atoms with Gasteiger partial charge in [0.25, 0.3) is 0 Å². The van der Waals surface area contributed by atoms with Crippen molar-refractivity contribution in [2.75, 3.05) is 11.9 Å². The highest BCUT2D eigenvalue weighted by molar-refractivity contribution is 9.10. The summed E-state index contributed by atoms with van der Waals surface area (Å²) < 4.78 is 11.9. The molecule has 0 aromatic heterocycles. The molecule has 0 atom stereocenters. The zero-order chi connectivity index (χ0) is 29.2. The van der Waals surface area contributed by atoms with Gasteiger partial charge in [0.1, 0.15) is 11.5 Å². The Kier molecular flexibility index (Phi) is 10.1. The minimum atomic E-state index is -0.513. The maximum Gasteiger partial charge on any atom is 0.306 e. The number of nitrogens with one attached hydrogen (secondary N) is 1. The van der Waals surface area contributed by atoms with Gasteiger partial charge < -0.3 is 14.8 Å². The number of rotatable bonds is 12. The average molecular weight is 615 g/mol. The predicted molar refractivity (Wildman–Crippen MR) is 163 cm³/mol. The van der Waals surface area contributed by atoms with Gasteiger partial charge in [-0.1, -0.05) is 84.4 Å². The summed E-state index contributed by atoms with van der Waals surface area (Å²) in [7, 11) is 0. The number of Topliss-reactive ketones (excluding diaryl/α,β-unsaturated/α-hetero) is 1. The second kappa shape index (κ2) is 13.9. The molecule has 0 fully saturated rings. The molecule has 6 nitrogen and oxygen atoms in total. The number of esters is 1. The molecule has 0 aliphatic carbocycles. The smallest absolute Gasteiger partial charge is 0.306 e. The Morgan fingerprint density at radius 3 is 1.95 bits per heavy atom. The number of hydrogen-bond acceptors (Lipinski definition) is 5. The van der Waals surface area contributed by atoms with Gasteiger partial charge >= 0.3 is 5.97 Å². The number of ether oxygens (including phenoxy) is 2. The number of hydrogen-bond donors (Lipinski definition) is 1. The Morgan fingerprint density at radius 2 is 1.32 bits per heavy atom. The summed E-state index contributed by atoms with van der Waals surface area (Å²) in [4.78, 5) is 36.4. The molecule has 1 N–H and O–H groups in total. The summed E-state index contributed by atoms with van der Waals surface area (Å²) in [6.45, 7) is 4.08. The largest absolute Gasteiger partial charge is 0.457 e. The van der Waals surface area contributed by atoms with Crippen LogP contribution in [0.5, 0.6) is 11.5 Å². The summed E-state index contributed by atoms with van der Waals surface area (Å²) in [5.74, 6) is 0.369. The fourth-order valence-electron chi connectivity index (χ4n) is 4.26. The third-order valence-electron chi connectivity index (χ3n) is 6.76. The number of benzene rings is 4. The van der Waals surface area contributed by atoms with Crippen LogP contribution in [0.1, 0.15) is 54.6 Å². The molecular weight excluding hydrogens is 582 g/mol. The number of carbonyl (C=O) groups excluding carboxylic acids is 3. The van der Waals surface area contributed by atoms with E-state index in [1.807, 2.05) is 18.2 Å². The molecule has 210 valence electrons. The third-order valence-corrected chi connectivity index (χ3v) is 7.29. The molecule has 4 aromatic carbocycles. The van der Waals surface area contributed by atoms with E-state index in [0.717, 1.165) is 10.2 Å². The standard InChI is InChI=1S/C34H32BrNO5/c1-34(2,25-7-4-3-5-8-25)26-13-19-29(20-14-26)41-30-21-17-28(18-22-30)36-32(38)9-6-10-33(39)40-23-31(37)24-11-15-27(35)16-12-24/h3-5,7-8,11-22H,6,9-10,23H2,1-2H3,(H,36,38). The molecule has 0 spiro atoms. The monoisotopic (exact) mass is 613 g/mol. The van der Waals surface area contributed by atoms with Crippen LogP contribution in [0.15, 0.2) is 108 Å². The van der Waals surface area contributed by atoms with Gasteiger partial charge in [0, 0.05) is 34.0 Å². The van der Waals surface area contributed by atoms with Crippen LogP contribution in [0.25, 0.3) is 0 Å². The van der Waals surface area contributed by atoms with Crippen molar-refractivity contribution < 1.29 is 23.9 Å². The van der Waals surface area contributed by atoms with Crippen LogP contribution in [-0.4, -0.2) is 24.3 Å². The molecule has 0 unspecified atom stereocenters. The molecule has 0 aliphatic heterocycles. The quantitative estimate of drug-likeness (QED) is 0.129. The summed E-state index contributed by atoms with van der Waals surface area (Å²) in [6, 6.07) is 32.4. The number of amides is 1. The lowest BCUT2D eigenvalue weighted by atomic mass is 9.78. The van der Waals surface area contributed by atoms with Gasteiger partial charge in [-0.3, -0.25) is 14.4 Å². The van der Waals surface area contributed by atoms with Crippen LogP contribution >= 0.6 is 15.9 Å². The molecule has 41 heavy (non-hydrogen) atoms. The van der Waals surface area contributed by atoms with Gasteiger partial charge in [-0.15, -0.1) is 0 Å². The van der Waals surface area contributed by atoms with E-state index in [2.05, 4.69) is 71.5 Å². The highest BCUT2D eigenvalue weighted by Gasteiger charge is 2.22. The molecule has 7 heteroatoms. The van der Waals surface area contributed by atoms with Crippen LogP contribution < -0.4 is 10.1 Å². The number of halogens is 1. The fourth-order valence-corrected chi connectivity index (χ4v) is 4.52. The molecule has 0 aliphatic rings. The summed E-state index contributed by atoms with van der Waals surface area (Å²) in [6.07, 6.45) is 0.518. The summed E-state index contributed by atoms with van der Waals surface area (Å²) >= 11 is 3.31. The van der Waals surface area contributed by atoms with E-state index in [9.17, 15) is 14.4 Å². The van der Waals surface area contributed by atoms with Crippen molar-refractivity contribution in [1.29, 1.82) is 0 Å². The van der Waals surface area contributed by atoms with Crippen LogP contribution in [0.2, 0.25) is 0 Å². The average Bonchev–Trinajstić information content (AvgIpc) is 2.98. The number of ketones is 1. The van der Waals surface area contributed by atoms with Gasteiger partial charge in [0.2, 0.25) is 5.91 Å². The van der Waals surface area contributed by atoms with Gasteiger partial charge in [-0.05, 0) is 66.1 Å². The SMILES string of the molecule is CC(C)(c1ccccc1)c1ccc(Oc2ccc(NC(=O)CCCC(=O)OCC(=O)c3ccc(Br)cc3)cc2)cc1. The molecule has 0 heterocycles. The van der Waals surface area contributed by atoms with E-state index in [4.69, 9.17) is 9.47 Å². The van der Waals surface area contributed by atoms with Crippen LogP contribution in [0, 0.1) is 0 Å². The summed E-state index contributed by atoms with van der Waals surface area (Å²) in [5, 5.41) is 2.82. The maximum atomic E-state index is 12.3. The Hall–Kier alpha value is -4.23. The van der Waals surface area contributed by atoms with Gasteiger partial charge in [0.15, 0.2) is 12.4 Å². The van der Waals surface area contributed by atoms with E-state index in [1.54, 1.807) is 48.5 Å². The Bertz CT molecular complexity index is 1460. The first-order valence-corrected chi connectivity index (χ1v) is 14.2. The van der Waals surface area contributed by atoms with Crippen molar-refractivity contribution >= 4 is 39.3 Å². The van der Waals surface area contributed by atoms with Crippen molar-refractivity contribution in [3.8, 4) is 11.5 Å². The number of anilines is 1. The van der Waals surface area contributed by atoms with Crippen molar-refractivity contribution in [3.05, 3.63) is 124 Å². The van der Waals surface area contributed by atoms with Gasteiger partial charge in [-0.2, -0.15) is 0 Å². The number of carbonyl (C=O) groups is 3. The van der Waals surface area contributed by atoms with E-state index in [-0.39, 0.29) is 36.6 Å². The zero-order valence-corrected chi connectivity index (χ0v) is 24.6. The highest BCUT2D eigenvalue weighted by Crippen LogP contribution is 2.33. The van der Waals surface area contributed by atoms with Gasteiger partial charge in [-0.25, -0.2) is 0 Å². The first kappa shape index (κ1) is 29.7. The molecule has 0 saturated carbocycles. The van der Waals surface area contributed by atoms with E-state index in [1.165, 1.54) is 11.1 Å². The molecule has 0 bridgehead atoms. The van der Waals surface area contributed by atoms with Crippen molar-refractivity contribution in [3.63, 3.8) is 0 Å². The third kappa shape index (κ3) is 8.63. The molecule has 1 amide bonds. The molecule has 0 radical (unpaired) electrons. The lowest BCUT2D eigenvalue weighted by molar-refractivity contribution is -0.142. The lowest BCUT2D eigenvalue weighted by Crippen LogP contribution is -2.18. The molecule has 0 saturated heterocycles. The fraction of sp³-hybridized carbons (Fsp3) is 0.206.